The fraction of sp³-hybridized carbons (Fsp3) is 0.389. The average molecular weight is 343 g/mol. The van der Waals surface area contributed by atoms with Crippen LogP contribution in [0, 0.1) is 0 Å². The molecule has 7 nitrogen and oxygen atoms in total. The van der Waals surface area contributed by atoms with E-state index in [4.69, 9.17) is 0 Å². The molecule has 2 aromatic rings. The van der Waals surface area contributed by atoms with Crippen molar-refractivity contribution < 1.29 is 9.90 Å². The lowest BCUT2D eigenvalue weighted by atomic mass is 9.88. The highest BCUT2D eigenvalue weighted by molar-refractivity contribution is 5.79. The minimum Gasteiger partial charge on any atom is -0.386 e. The second-order valence-corrected chi connectivity index (χ2v) is 6.66. The first-order valence-electron chi connectivity index (χ1n) is 8.22. The Morgan fingerprint density at radius 3 is 2.64 bits per heavy atom. The van der Waals surface area contributed by atoms with Crippen molar-refractivity contribution in [2.24, 2.45) is 0 Å². The van der Waals surface area contributed by atoms with Gasteiger partial charge in [0.1, 0.15) is 5.60 Å². The number of piperidine rings is 1. The molecule has 2 atom stereocenters. The van der Waals surface area contributed by atoms with Crippen LogP contribution in [0.5, 0.6) is 0 Å². The number of aromatic nitrogens is 2. The molecular formula is C18H21N3O4. The molecule has 0 spiro atoms. The third kappa shape index (κ3) is 3.71. The molecular weight excluding hydrogens is 322 g/mol. The lowest BCUT2D eigenvalue weighted by Gasteiger charge is -2.43. The maximum absolute atomic E-state index is 12.5. The van der Waals surface area contributed by atoms with Crippen LogP contribution < -0.4 is 11.2 Å². The number of hydrogen-bond donors (Lipinski definition) is 2. The first kappa shape index (κ1) is 17.2. The van der Waals surface area contributed by atoms with Gasteiger partial charge in [0.15, 0.2) is 0 Å². The Hall–Kier alpha value is -2.67. The Morgan fingerprint density at radius 1 is 1.28 bits per heavy atom. The van der Waals surface area contributed by atoms with Crippen LogP contribution in [-0.2, 0) is 11.2 Å². The van der Waals surface area contributed by atoms with E-state index in [1.807, 2.05) is 30.3 Å². The molecule has 3 rings (SSSR count). The van der Waals surface area contributed by atoms with Gasteiger partial charge in [-0.2, -0.15) is 0 Å². The smallest absolute Gasteiger partial charge is 0.328 e. The topological polar surface area (TPSA) is 95.4 Å². The first-order valence-corrected chi connectivity index (χ1v) is 8.22. The lowest BCUT2D eigenvalue weighted by molar-refractivity contribution is -0.140. The van der Waals surface area contributed by atoms with Crippen LogP contribution in [0.3, 0.4) is 0 Å². The van der Waals surface area contributed by atoms with Crippen LogP contribution in [-0.4, -0.2) is 44.2 Å². The largest absolute Gasteiger partial charge is 0.386 e. The van der Waals surface area contributed by atoms with E-state index in [1.54, 1.807) is 11.8 Å². The van der Waals surface area contributed by atoms with E-state index in [9.17, 15) is 19.5 Å². The molecule has 1 aliphatic heterocycles. The van der Waals surface area contributed by atoms with Crippen molar-refractivity contribution in [2.45, 2.75) is 31.4 Å². The van der Waals surface area contributed by atoms with Crippen molar-refractivity contribution in [3.05, 3.63) is 69.0 Å². The molecule has 25 heavy (non-hydrogen) atoms. The van der Waals surface area contributed by atoms with Gasteiger partial charge in [0.05, 0.1) is 19.0 Å². The molecule has 0 radical (unpaired) electrons. The van der Waals surface area contributed by atoms with E-state index in [0.717, 1.165) is 5.56 Å². The number of amides is 1. The summed E-state index contributed by atoms with van der Waals surface area (Å²) in [5.41, 5.74) is -1.38. The molecule has 1 aromatic heterocycles. The van der Waals surface area contributed by atoms with Crippen molar-refractivity contribution >= 4 is 5.91 Å². The normalized spacial score (nSPS) is 23.4. The second-order valence-electron chi connectivity index (χ2n) is 6.66. The summed E-state index contributed by atoms with van der Waals surface area (Å²) in [4.78, 5) is 39.6. The third-order valence-corrected chi connectivity index (χ3v) is 4.64. The van der Waals surface area contributed by atoms with Crippen LogP contribution >= 0.6 is 0 Å². The van der Waals surface area contributed by atoms with Crippen LogP contribution in [0.15, 0.2) is 52.2 Å². The molecule has 0 bridgehead atoms. The van der Waals surface area contributed by atoms with E-state index in [-0.39, 0.29) is 18.9 Å². The number of nitrogens with one attached hydrogen (secondary N) is 1. The summed E-state index contributed by atoms with van der Waals surface area (Å²) < 4.78 is 1.33. The molecule has 1 saturated heterocycles. The fourth-order valence-electron chi connectivity index (χ4n) is 3.37. The lowest BCUT2D eigenvalue weighted by Crippen LogP contribution is -2.56. The molecule has 1 fully saturated rings. The number of aliphatic hydroxyl groups is 1. The number of β-amino-alcohol motifs (C(OH)–C–C–N with tert-alkyl or cyclic N) is 1. The van der Waals surface area contributed by atoms with Crippen molar-refractivity contribution in [3.63, 3.8) is 0 Å². The van der Waals surface area contributed by atoms with Crippen LogP contribution in [0.25, 0.3) is 0 Å². The number of benzene rings is 1. The van der Waals surface area contributed by atoms with E-state index in [0.29, 0.717) is 13.0 Å². The zero-order chi connectivity index (χ0) is 18.0. The number of carbonyl (C=O) groups is 1. The summed E-state index contributed by atoms with van der Waals surface area (Å²) in [7, 11) is 0. The zero-order valence-corrected chi connectivity index (χ0v) is 14.0. The van der Waals surface area contributed by atoms with Gasteiger partial charge in [0, 0.05) is 18.8 Å². The van der Waals surface area contributed by atoms with Crippen molar-refractivity contribution in [1.29, 1.82) is 0 Å². The number of hydrogen-bond acceptors (Lipinski definition) is 4. The summed E-state index contributed by atoms with van der Waals surface area (Å²) in [6.45, 7) is 2.18. The van der Waals surface area contributed by atoms with Gasteiger partial charge >= 0.3 is 5.69 Å². The second kappa shape index (κ2) is 6.68. The molecule has 2 N–H and O–H groups in total. The van der Waals surface area contributed by atoms with Gasteiger partial charge in [-0.05, 0) is 18.9 Å². The highest BCUT2D eigenvalue weighted by Crippen LogP contribution is 2.30. The molecule has 1 aromatic carbocycles. The Bertz CT molecular complexity index is 870. The number of nitrogens with zero attached hydrogens (tertiary/aromatic N) is 2. The van der Waals surface area contributed by atoms with Crippen molar-refractivity contribution in [3.8, 4) is 0 Å². The zero-order valence-electron chi connectivity index (χ0n) is 14.0. The van der Waals surface area contributed by atoms with Gasteiger partial charge in [-0.3, -0.25) is 19.1 Å². The molecule has 7 heteroatoms. The maximum Gasteiger partial charge on any atom is 0.328 e. The van der Waals surface area contributed by atoms with E-state index < -0.39 is 22.9 Å². The molecule has 1 amide bonds. The Morgan fingerprint density at radius 2 is 2.00 bits per heavy atom. The highest BCUT2D eigenvalue weighted by atomic mass is 16.3. The fourth-order valence-corrected chi connectivity index (χ4v) is 3.37. The third-order valence-electron chi connectivity index (χ3n) is 4.64. The summed E-state index contributed by atoms with van der Waals surface area (Å²) in [6, 6.07) is 10.2. The van der Waals surface area contributed by atoms with Gasteiger partial charge in [0.25, 0.3) is 5.56 Å². The summed E-state index contributed by atoms with van der Waals surface area (Å²) >= 11 is 0. The quantitative estimate of drug-likeness (QED) is 0.838. The van der Waals surface area contributed by atoms with Crippen LogP contribution in [0.4, 0.5) is 0 Å². The van der Waals surface area contributed by atoms with Gasteiger partial charge < -0.3 is 10.0 Å². The number of aromatic amines is 1. The van der Waals surface area contributed by atoms with Crippen LogP contribution in [0.2, 0.25) is 0 Å². The molecule has 2 heterocycles. The minimum absolute atomic E-state index is 0.0567. The Labute approximate surface area is 144 Å². The Balaban J connectivity index is 1.75. The first-order chi connectivity index (χ1) is 11.9. The number of rotatable bonds is 3. The molecule has 0 aliphatic carbocycles. The van der Waals surface area contributed by atoms with E-state index >= 15 is 0 Å². The highest BCUT2D eigenvalue weighted by Gasteiger charge is 2.40. The summed E-state index contributed by atoms with van der Waals surface area (Å²) in [5.74, 6) is -0.0567. The van der Waals surface area contributed by atoms with E-state index in [1.165, 1.54) is 16.8 Å². The molecule has 0 unspecified atom stereocenters. The van der Waals surface area contributed by atoms with Crippen LogP contribution in [0.1, 0.15) is 24.9 Å². The van der Waals surface area contributed by atoms with E-state index in [2.05, 4.69) is 4.98 Å². The van der Waals surface area contributed by atoms with Gasteiger partial charge in [-0.15, -0.1) is 0 Å². The standard InChI is InChI=1S/C18H21N3O4/c1-18(25)12-20(16(23)11-13-5-3-2-4-6-13)9-7-14(18)21-10-8-15(22)19-17(21)24/h2-6,8,10,14,25H,7,9,11-12H2,1H3,(H,19,22,24)/t14-,18-/m1/s1. The van der Waals surface area contributed by atoms with Crippen molar-refractivity contribution in [1.82, 2.24) is 14.5 Å². The van der Waals surface area contributed by atoms with Gasteiger partial charge in [-0.25, -0.2) is 4.79 Å². The average Bonchev–Trinajstić information content (AvgIpc) is 2.56. The number of likely N-dealkylation sites (tertiary alicyclic amines) is 1. The molecule has 1 aliphatic rings. The number of carbonyl (C=O) groups excluding carboxylic acids is 1. The monoisotopic (exact) mass is 343 g/mol. The SMILES string of the molecule is C[C@@]1(O)CN(C(=O)Cc2ccccc2)CC[C@H]1n1ccc(=O)[nH]c1=O. The maximum atomic E-state index is 12.5. The van der Waals surface area contributed by atoms with Crippen molar-refractivity contribution in [2.75, 3.05) is 13.1 Å². The predicted molar refractivity (Wildman–Crippen MR) is 92.3 cm³/mol. The summed E-state index contributed by atoms with van der Waals surface area (Å²) in [6.07, 6.45) is 2.10. The Kier molecular flexibility index (Phi) is 4.59. The molecule has 0 saturated carbocycles. The van der Waals surface area contributed by atoms with Gasteiger partial charge in [0.2, 0.25) is 5.91 Å². The summed E-state index contributed by atoms with van der Waals surface area (Å²) in [5, 5.41) is 10.8. The molecule has 132 valence electrons. The van der Waals surface area contributed by atoms with Gasteiger partial charge in [-0.1, -0.05) is 30.3 Å². The minimum atomic E-state index is -1.27. The number of H-pyrrole nitrogens is 1. The predicted octanol–water partition coefficient (Wildman–Crippen LogP) is 0.304.